The summed E-state index contributed by atoms with van der Waals surface area (Å²) in [6.07, 6.45) is -0.357. The molecule has 1 unspecified atom stereocenters. The molecule has 0 saturated carbocycles. The molecule has 0 aromatic heterocycles. The number of hydrogen-bond acceptors (Lipinski definition) is 4. The molecular weight excluding hydrogens is 348 g/mol. The lowest BCUT2D eigenvalue weighted by Gasteiger charge is -2.19. The third-order valence-corrected chi connectivity index (χ3v) is 3.87. The quantitative estimate of drug-likeness (QED) is 0.570. The second-order valence-electron chi connectivity index (χ2n) is 6.21. The van der Waals surface area contributed by atoms with Crippen LogP contribution in [-0.2, 0) is 19.2 Å². The van der Waals surface area contributed by atoms with Crippen LogP contribution in [-0.4, -0.2) is 35.7 Å². The molecule has 27 heavy (non-hydrogen) atoms. The topological polar surface area (TPSA) is 130 Å². The van der Waals surface area contributed by atoms with E-state index in [1.54, 1.807) is 6.07 Å². The zero-order chi connectivity index (χ0) is 20.0. The molecule has 142 valence electrons. The van der Waals surface area contributed by atoms with Gasteiger partial charge in [0.25, 0.3) is 0 Å². The van der Waals surface area contributed by atoms with Crippen LogP contribution in [0.4, 0.5) is 5.69 Å². The number of nitrogens with two attached hydrogens (primary N) is 1. The van der Waals surface area contributed by atoms with Crippen molar-refractivity contribution in [1.29, 1.82) is 0 Å². The van der Waals surface area contributed by atoms with E-state index in [9.17, 15) is 19.2 Å². The summed E-state index contributed by atoms with van der Waals surface area (Å²) >= 11 is 0. The van der Waals surface area contributed by atoms with E-state index >= 15 is 0 Å². The molecule has 0 saturated heterocycles. The molecule has 8 heteroatoms. The number of anilines is 1. The Balaban J connectivity index is 2.01. The average Bonchev–Trinajstić information content (AvgIpc) is 2.60. The summed E-state index contributed by atoms with van der Waals surface area (Å²) in [6.45, 7) is 2.72. The van der Waals surface area contributed by atoms with Crippen molar-refractivity contribution < 1.29 is 19.2 Å². The lowest BCUT2D eigenvalue weighted by atomic mass is 10.1. The van der Waals surface area contributed by atoms with Crippen molar-refractivity contribution in [3.63, 3.8) is 0 Å². The number of benzene rings is 2. The molecular formula is C19H22N4O4. The van der Waals surface area contributed by atoms with Crippen LogP contribution in [0.1, 0.15) is 20.3 Å². The molecule has 8 nitrogen and oxygen atoms in total. The maximum Gasteiger partial charge on any atom is 0.246 e. The third-order valence-electron chi connectivity index (χ3n) is 3.87. The van der Waals surface area contributed by atoms with Crippen molar-refractivity contribution in [2.45, 2.75) is 32.4 Å². The Morgan fingerprint density at radius 2 is 1.63 bits per heavy atom. The van der Waals surface area contributed by atoms with Crippen LogP contribution < -0.4 is 21.7 Å². The molecule has 0 aliphatic heterocycles. The lowest BCUT2D eigenvalue weighted by molar-refractivity contribution is -0.132. The van der Waals surface area contributed by atoms with Gasteiger partial charge in [-0.1, -0.05) is 30.3 Å². The van der Waals surface area contributed by atoms with E-state index in [0.29, 0.717) is 5.69 Å². The Morgan fingerprint density at radius 3 is 2.26 bits per heavy atom. The predicted molar refractivity (Wildman–Crippen MR) is 102 cm³/mol. The van der Waals surface area contributed by atoms with Crippen LogP contribution in [0.25, 0.3) is 10.8 Å². The number of hydrogen-bond donors (Lipinski definition) is 4. The van der Waals surface area contributed by atoms with E-state index in [-0.39, 0.29) is 6.42 Å². The van der Waals surface area contributed by atoms with Gasteiger partial charge in [-0.05, 0) is 29.8 Å². The van der Waals surface area contributed by atoms with Gasteiger partial charge in [-0.15, -0.1) is 0 Å². The summed E-state index contributed by atoms with van der Waals surface area (Å²) in [6, 6.07) is 11.2. The molecule has 5 N–H and O–H groups in total. The summed E-state index contributed by atoms with van der Waals surface area (Å²) < 4.78 is 0. The van der Waals surface area contributed by atoms with E-state index in [2.05, 4.69) is 16.0 Å². The first kappa shape index (κ1) is 19.9. The van der Waals surface area contributed by atoms with Crippen molar-refractivity contribution in [2.24, 2.45) is 5.73 Å². The molecule has 0 bridgehead atoms. The Labute approximate surface area is 156 Å². The van der Waals surface area contributed by atoms with Gasteiger partial charge in [0.1, 0.15) is 12.1 Å². The van der Waals surface area contributed by atoms with Gasteiger partial charge in [0.15, 0.2) is 0 Å². The predicted octanol–water partition coefficient (Wildman–Crippen LogP) is 0.663. The molecule has 2 rings (SSSR count). The fourth-order valence-corrected chi connectivity index (χ4v) is 2.55. The number of amides is 4. The summed E-state index contributed by atoms with van der Waals surface area (Å²) in [5, 5.41) is 9.56. The Bertz CT molecular complexity index is 865. The van der Waals surface area contributed by atoms with Crippen molar-refractivity contribution in [1.82, 2.24) is 10.6 Å². The first-order valence-corrected chi connectivity index (χ1v) is 8.41. The van der Waals surface area contributed by atoms with Gasteiger partial charge in [-0.2, -0.15) is 0 Å². The number of carbonyl (C=O) groups excluding carboxylic acids is 4. The minimum Gasteiger partial charge on any atom is -0.370 e. The number of nitrogens with one attached hydrogen (secondary N) is 3. The van der Waals surface area contributed by atoms with Gasteiger partial charge < -0.3 is 21.7 Å². The fraction of sp³-hybridized carbons (Fsp3) is 0.263. The maximum absolute atomic E-state index is 12.3. The highest BCUT2D eigenvalue weighted by molar-refractivity contribution is 6.00. The zero-order valence-corrected chi connectivity index (χ0v) is 15.1. The van der Waals surface area contributed by atoms with Gasteiger partial charge >= 0.3 is 0 Å². The molecule has 0 aliphatic carbocycles. The number of primary amides is 1. The van der Waals surface area contributed by atoms with Crippen LogP contribution in [0.2, 0.25) is 0 Å². The Morgan fingerprint density at radius 1 is 0.963 bits per heavy atom. The van der Waals surface area contributed by atoms with Crippen molar-refractivity contribution >= 4 is 40.1 Å². The maximum atomic E-state index is 12.3. The van der Waals surface area contributed by atoms with Crippen molar-refractivity contribution in [3.05, 3.63) is 42.5 Å². The van der Waals surface area contributed by atoms with Crippen molar-refractivity contribution in [3.8, 4) is 0 Å². The molecule has 0 radical (unpaired) electrons. The molecule has 2 aromatic rings. The molecule has 0 heterocycles. The van der Waals surface area contributed by atoms with Crippen LogP contribution >= 0.6 is 0 Å². The van der Waals surface area contributed by atoms with E-state index < -0.39 is 35.7 Å². The van der Waals surface area contributed by atoms with Crippen LogP contribution in [0, 0.1) is 0 Å². The Hall–Kier alpha value is -3.42. The number of fused-ring (bicyclic) bond motifs is 1. The standard InChI is InChI=1S/C19H22N4O4/c1-11(21-19(27)16(10-17(20)25)22-12(2)24)18(26)23-15-8-7-13-5-3-4-6-14(13)9-15/h3-9,11,16H,10H2,1-2H3,(H2,20,25)(H,21,27)(H,22,24)(H,23,26)/t11-,16?/m0/s1. The second-order valence-corrected chi connectivity index (χ2v) is 6.21. The van der Waals surface area contributed by atoms with Gasteiger partial charge in [0, 0.05) is 12.6 Å². The first-order chi connectivity index (χ1) is 12.8. The monoisotopic (exact) mass is 370 g/mol. The smallest absolute Gasteiger partial charge is 0.246 e. The largest absolute Gasteiger partial charge is 0.370 e. The van der Waals surface area contributed by atoms with Gasteiger partial charge in [-0.3, -0.25) is 19.2 Å². The van der Waals surface area contributed by atoms with Gasteiger partial charge in [-0.25, -0.2) is 0 Å². The molecule has 4 amide bonds. The summed E-state index contributed by atoms with van der Waals surface area (Å²) in [4.78, 5) is 46.8. The van der Waals surface area contributed by atoms with E-state index in [0.717, 1.165) is 10.8 Å². The fourth-order valence-electron chi connectivity index (χ4n) is 2.55. The minimum absolute atomic E-state index is 0.357. The van der Waals surface area contributed by atoms with Crippen LogP contribution in [0.3, 0.4) is 0 Å². The highest BCUT2D eigenvalue weighted by Crippen LogP contribution is 2.18. The van der Waals surface area contributed by atoms with Crippen LogP contribution in [0.5, 0.6) is 0 Å². The lowest BCUT2D eigenvalue weighted by Crippen LogP contribution is -2.52. The molecule has 0 fully saturated rings. The number of rotatable bonds is 7. The van der Waals surface area contributed by atoms with E-state index in [4.69, 9.17) is 5.73 Å². The van der Waals surface area contributed by atoms with E-state index in [1.165, 1.54) is 13.8 Å². The molecule has 0 spiro atoms. The highest BCUT2D eigenvalue weighted by atomic mass is 16.2. The normalized spacial score (nSPS) is 12.7. The zero-order valence-electron chi connectivity index (χ0n) is 15.1. The third kappa shape index (κ3) is 5.81. The summed E-state index contributed by atoms with van der Waals surface area (Å²) in [5.74, 6) is -2.31. The molecule has 2 atom stereocenters. The molecule has 0 aliphatic rings. The van der Waals surface area contributed by atoms with Gasteiger partial charge in [0.2, 0.25) is 23.6 Å². The number of carbonyl (C=O) groups is 4. The minimum atomic E-state index is -1.13. The average molecular weight is 370 g/mol. The van der Waals surface area contributed by atoms with Crippen LogP contribution in [0.15, 0.2) is 42.5 Å². The summed E-state index contributed by atoms with van der Waals surface area (Å²) in [5.41, 5.74) is 5.69. The first-order valence-electron chi connectivity index (χ1n) is 8.41. The SMILES string of the molecule is CC(=O)NC(CC(N)=O)C(=O)N[C@@H](C)C(=O)Nc1ccc2ccccc2c1. The van der Waals surface area contributed by atoms with Gasteiger partial charge in [0.05, 0.1) is 6.42 Å². The highest BCUT2D eigenvalue weighted by Gasteiger charge is 2.25. The van der Waals surface area contributed by atoms with Crippen molar-refractivity contribution in [2.75, 3.05) is 5.32 Å². The second kappa shape index (κ2) is 8.79. The molecule has 2 aromatic carbocycles. The Kier molecular flexibility index (Phi) is 6.48. The summed E-state index contributed by atoms with van der Waals surface area (Å²) in [7, 11) is 0. The van der Waals surface area contributed by atoms with E-state index in [1.807, 2.05) is 36.4 Å².